The van der Waals surface area contributed by atoms with Crippen LogP contribution >= 0.6 is 0 Å². The molecule has 0 aliphatic carbocycles. The third-order valence-corrected chi connectivity index (χ3v) is 4.71. The number of hydrogen-bond donors (Lipinski definition) is 0. The smallest absolute Gasteiger partial charge is 0.184 e. The highest BCUT2D eigenvalue weighted by atomic mass is 16.7. The Balaban J connectivity index is 1.52. The number of hydrogen-bond acceptors (Lipinski definition) is 2. The summed E-state index contributed by atoms with van der Waals surface area (Å²) in [5, 5.41) is 0. The Morgan fingerprint density at radius 2 is 1.48 bits per heavy atom. The average molecular weight is 320 g/mol. The fraction of sp³-hybridized carbons (Fsp3) is 0.750. The minimum absolute atomic E-state index is 0.175. The van der Waals surface area contributed by atoms with E-state index >= 15 is 0 Å². The quantitative estimate of drug-likeness (QED) is 0.460. The lowest BCUT2D eigenvalue weighted by atomic mass is 10.0. The van der Waals surface area contributed by atoms with E-state index in [0.29, 0.717) is 5.92 Å². The van der Waals surface area contributed by atoms with Crippen LogP contribution in [0.2, 0.25) is 0 Å². The fourth-order valence-corrected chi connectivity index (χ4v) is 3.14. The maximum Gasteiger partial charge on any atom is 0.184 e. The largest absolute Gasteiger partial charge is 0.348 e. The van der Waals surface area contributed by atoms with Crippen LogP contribution in [0.1, 0.15) is 76.6 Å². The zero-order valence-corrected chi connectivity index (χ0v) is 15.0. The van der Waals surface area contributed by atoms with Gasteiger partial charge in [-0.3, -0.25) is 0 Å². The van der Waals surface area contributed by atoms with E-state index in [4.69, 9.17) is 9.47 Å². The molecule has 3 heteroatoms. The van der Waals surface area contributed by atoms with Crippen molar-refractivity contribution in [3.8, 4) is 0 Å². The van der Waals surface area contributed by atoms with Gasteiger partial charge >= 0.3 is 0 Å². The van der Waals surface area contributed by atoms with Crippen molar-refractivity contribution < 1.29 is 14.0 Å². The third-order valence-electron chi connectivity index (χ3n) is 4.71. The molecule has 0 bridgehead atoms. The summed E-state index contributed by atoms with van der Waals surface area (Å²) in [4.78, 5) is 0. The molecule has 130 valence electrons. The molecule has 23 heavy (non-hydrogen) atoms. The van der Waals surface area contributed by atoms with Crippen molar-refractivity contribution in [2.24, 2.45) is 13.0 Å². The van der Waals surface area contributed by atoms with Gasteiger partial charge in [-0.1, -0.05) is 58.3 Å². The normalized spacial score (nSPS) is 21.5. The molecule has 1 fully saturated rings. The first-order chi connectivity index (χ1) is 11.3. The van der Waals surface area contributed by atoms with Gasteiger partial charge in [0.1, 0.15) is 7.05 Å². The first-order valence-corrected chi connectivity index (χ1v) is 9.48. The standard InChI is InChI=1S/C20H34NO2/c1-3-4-5-6-7-8-9-10-11-18-16-22-20(23-17-18)19-12-14-21(2)15-13-19/h12-15,18,20H,3-11,16-17H2,1-2H3/q+1. The van der Waals surface area contributed by atoms with Crippen molar-refractivity contribution in [2.75, 3.05) is 13.2 Å². The van der Waals surface area contributed by atoms with E-state index in [2.05, 4.69) is 19.1 Å². The molecular weight excluding hydrogens is 286 g/mol. The first kappa shape index (κ1) is 18.4. The second kappa shape index (κ2) is 10.8. The summed E-state index contributed by atoms with van der Waals surface area (Å²) in [6.07, 6.45) is 16.2. The fourth-order valence-electron chi connectivity index (χ4n) is 3.14. The molecule has 0 amide bonds. The van der Waals surface area contributed by atoms with Crippen molar-refractivity contribution in [3.05, 3.63) is 30.1 Å². The SMILES string of the molecule is CCCCCCCCCCC1COC(c2cc[n+](C)cc2)OC1. The summed E-state index contributed by atoms with van der Waals surface area (Å²) in [7, 11) is 2.02. The topological polar surface area (TPSA) is 22.3 Å². The Morgan fingerprint density at radius 3 is 2.09 bits per heavy atom. The van der Waals surface area contributed by atoms with Gasteiger partial charge in [0, 0.05) is 23.6 Å². The number of aromatic nitrogens is 1. The molecule has 0 aromatic carbocycles. The van der Waals surface area contributed by atoms with E-state index in [1.807, 2.05) is 24.0 Å². The summed E-state index contributed by atoms with van der Waals surface area (Å²) >= 11 is 0. The van der Waals surface area contributed by atoms with Crippen LogP contribution < -0.4 is 4.57 Å². The Labute approximate surface area is 142 Å². The van der Waals surface area contributed by atoms with Crippen molar-refractivity contribution in [1.29, 1.82) is 0 Å². The van der Waals surface area contributed by atoms with E-state index in [0.717, 1.165) is 18.8 Å². The van der Waals surface area contributed by atoms with Crippen LogP contribution in [0.5, 0.6) is 0 Å². The van der Waals surface area contributed by atoms with E-state index in [-0.39, 0.29) is 6.29 Å². The minimum Gasteiger partial charge on any atom is -0.348 e. The molecule has 2 rings (SSSR count). The van der Waals surface area contributed by atoms with Crippen molar-refractivity contribution in [3.63, 3.8) is 0 Å². The maximum absolute atomic E-state index is 5.91. The van der Waals surface area contributed by atoms with Crippen molar-refractivity contribution in [1.82, 2.24) is 0 Å². The highest BCUT2D eigenvalue weighted by Gasteiger charge is 2.23. The molecule has 0 spiro atoms. The number of aryl methyl sites for hydroxylation is 1. The van der Waals surface area contributed by atoms with E-state index in [1.54, 1.807) is 0 Å². The third kappa shape index (κ3) is 7.01. The lowest BCUT2D eigenvalue weighted by Crippen LogP contribution is -2.29. The summed E-state index contributed by atoms with van der Waals surface area (Å²) in [6, 6.07) is 4.15. The van der Waals surface area contributed by atoms with Gasteiger partial charge in [0.25, 0.3) is 0 Å². The van der Waals surface area contributed by atoms with Gasteiger partial charge in [-0.2, -0.15) is 0 Å². The number of nitrogens with zero attached hydrogens (tertiary/aromatic N) is 1. The summed E-state index contributed by atoms with van der Waals surface area (Å²) < 4.78 is 13.8. The molecule has 0 saturated carbocycles. The Bertz CT molecular complexity index is 410. The van der Waals surface area contributed by atoms with Gasteiger partial charge in [0.05, 0.1) is 13.2 Å². The van der Waals surface area contributed by atoms with E-state index in [1.165, 1.54) is 57.8 Å². The summed E-state index contributed by atoms with van der Waals surface area (Å²) in [6.45, 7) is 3.95. The molecule has 3 nitrogen and oxygen atoms in total. The number of ether oxygens (including phenoxy) is 2. The molecule has 2 heterocycles. The zero-order chi connectivity index (χ0) is 16.3. The van der Waals surface area contributed by atoms with Crippen molar-refractivity contribution in [2.45, 2.75) is 71.0 Å². The van der Waals surface area contributed by atoms with Crippen LogP contribution in [0.15, 0.2) is 24.5 Å². The molecular formula is C20H34NO2+. The maximum atomic E-state index is 5.91. The summed E-state index contributed by atoms with van der Waals surface area (Å²) in [5.74, 6) is 0.575. The van der Waals surface area contributed by atoms with Crippen LogP contribution in [0.4, 0.5) is 0 Å². The van der Waals surface area contributed by atoms with Gasteiger partial charge < -0.3 is 9.47 Å². The lowest BCUT2D eigenvalue weighted by molar-refractivity contribution is -0.671. The highest BCUT2D eigenvalue weighted by molar-refractivity contribution is 5.09. The Kier molecular flexibility index (Phi) is 8.62. The highest BCUT2D eigenvalue weighted by Crippen LogP contribution is 2.26. The van der Waals surface area contributed by atoms with Gasteiger partial charge in [-0.05, 0) is 6.42 Å². The number of rotatable bonds is 10. The predicted octanol–water partition coefficient (Wildman–Crippen LogP) is 4.70. The molecule has 0 unspecified atom stereocenters. The number of unbranched alkanes of at least 4 members (excludes halogenated alkanes) is 7. The van der Waals surface area contributed by atoms with Crippen LogP contribution in [0.3, 0.4) is 0 Å². The van der Waals surface area contributed by atoms with Gasteiger partial charge in [0.2, 0.25) is 0 Å². The molecule has 0 atom stereocenters. The Hall–Kier alpha value is -0.930. The predicted molar refractivity (Wildman–Crippen MR) is 93.0 cm³/mol. The summed E-state index contributed by atoms with van der Waals surface area (Å²) in [5.41, 5.74) is 1.12. The van der Waals surface area contributed by atoms with Gasteiger partial charge in [-0.15, -0.1) is 0 Å². The second-order valence-corrected chi connectivity index (χ2v) is 6.93. The zero-order valence-electron chi connectivity index (χ0n) is 15.0. The van der Waals surface area contributed by atoms with E-state index < -0.39 is 0 Å². The molecule has 1 aliphatic rings. The minimum atomic E-state index is -0.175. The molecule has 1 aliphatic heterocycles. The van der Waals surface area contributed by atoms with Gasteiger partial charge in [-0.25, -0.2) is 4.57 Å². The molecule has 0 N–H and O–H groups in total. The molecule has 1 aromatic rings. The van der Waals surface area contributed by atoms with Crippen LogP contribution in [-0.2, 0) is 16.5 Å². The van der Waals surface area contributed by atoms with Crippen LogP contribution in [0.25, 0.3) is 0 Å². The van der Waals surface area contributed by atoms with Crippen LogP contribution in [0, 0.1) is 5.92 Å². The number of pyridine rings is 1. The second-order valence-electron chi connectivity index (χ2n) is 6.93. The molecule has 1 saturated heterocycles. The van der Waals surface area contributed by atoms with E-state index in [9.17, 15) is 0 Å². The molecule has 0 radical (unpaired) electrons. The average Bonchev–Trinajstić information content (AvgIpc) is 2.59. The molecule has 1 aromatic heterocycles. The monoisotopic (exact) mass is 320 g/mol. The van der Waals surface area contributed by atoms with Gasteiger partial charge in [0.15, 0.2) is 18.7 Å². The first-order valence-electron chi connectivity index (χ1n) is 9.48. The van der Waals surface area contributed by atoms with Crippen molar-refractivity contribution >= 4 is 0 Å². The van der Waals surface area contributed by atoms with Crippen LogP contribution in [-0.4, -0.2) is 13.2 Å². The lowest BCUT2D eigenvalue weighted by Gasteiger charge is -2.29. The Morgan fingerprint density at radius 1 is 0.913 bits per heavy atom.